The zero-order valence-electron chi connectivity index (χ0n) is 11.9. The largest absolute Gasteiger partial charge is 0.399 e. The van der Waals surface area contributed by atoms with Gasteiger partial charge in [-0.3, -0.25) is 0 Å². The second kappa shape index (κ2) is 5.45. The number of nitrogens with two attached hydrogens (primary N) is 1. The van der Waals surface area contributed by atoms with Crippen LogP contribution in [-0.4, -0.2) is 5.11 Å². The number of aliphatic hydroxyl groups is 1. The van der Waals surface area contributed by atoms with Crippen LogP contribution in [0.15, 0.2) is 48.1 Å². The van der Waals surface area contributed by atoms with Gasteiger partial charge >= 0.3 is 0 Å². The highest BCUT2D eigenvalue weighted by atomic mass is 16.3. The Hall–Kier alpha value is -1.54. The van der Waals surface area contributed by atoms with E-state index in [4.69, 9.17) is 5.73 Å². The van der Waals surface area contributed by atoms with Crippen molar-refractivity contribution in [3.8, 4) is 0 Å². The SMILES string of the molecule is Nc1cccc(C(O)(CCC2CC2)C2=CCCC=C2)c1. The maximum Gasteiger partial charge on any atom is 0.114 e. The minimum Gasteiger partial charge on any atom is -0.399 e. The molecule has 2 nitrogen and oxygen atoms in total. The molecule has 3 rings (SSSR count). The van der Waals surface area contributed by atoms with E-state index in [1.807, 2.05) is 24.3 Å². The van der Waals surface area contributed by atoms with E-state index < -0.39 is 5.60 Å². The number of benzene rings is 1. The number of rotatable bonds is 5. The van der Waals surface area contributed by atoms with Crippen molar-refractivity contribution in [1.29, 1.82) is 0 Å². The van der Waals surface area contributed by atoms with E-state index in [2.05, 4.69) is 18.2 Å². The fraction of sp³-hybridized carbons (Fsp3) is 0.444. The predicted octanol–water partition coefficient (Wildman–Crippen LogP) is 3.92. The Morgan fingerprint density at radius 3 is 2.75 bits per heavy atom. The van der Waals surface area contributed by atoms with E-state index in [0.717, 1.165) is 42.7 Å². The van der Waals surface area contributed by atoms with Gasteiger partial charge in [-0.1, -0.05) is 43.2 Å². The molecular formula is C18H23NO. The minimum atomic E-state index is -0.880. The van der Waals surface area contributed by atoms with Crippen molar-refractivity contribution in [2.24, 2.45) is 5.92 Å². The van der Waals surface area contributed by atoms with Crippen LogP contribution in [0.1, 0.15) is 44.1 Å². The Kier molecular flexibility index (Phi) is 3.66. The molecule has 2 aliphatic carbocycles. The smallest absolute Gasteiger partial charge is 0.114 e. The fourth-order valence-corrected chi connectivity index (χ4v) is 2.99. The second-order valence-electron chi connectivity index (χ2n) is 6.11. The third-order valence-corrected chi connectivity index (χ3v) is 4.45. The quantitative estimate of drug-likeness (QED) is 0.796. The van der Waals surface area contributed by atoms with Crippen molar-refractivity contribution in [3.63, 3.8) is 0 Å². The summed E-state index contributed by atoms with van der Waals surface area (Å²) < 4.78 is 0. The highest BCUT2D eigenvalue weighted by molar-refractivity contribution is 5.47. The highest BCUT2D eigenvalue weighted by Crippen LogP contribution is 2.42. The number of hydrogen-bond donors (Lipinski definition) is 2. The molecule has 1 fully saturated rings. The molecule has 20 heavy (non-hydrogen) atoms. The molecule has 106 valence electrons. The molecule has 0 bridgehead atoms. The molecule has 2 aliphatic rings. The van der Waals surface area contributed by atoms with Crippen LogP contribution in [0.2, 0.25) is 0 Å². The molecule has 0 radical (unpaired) electrons. The lowest BCUT2D eigenvalue weighted by Gasteiger charge is -2.32. The van der Waals surface area contributed by atoms with Crippen LogP contribution < -0.4 is 5.73 Å². The first-order chi connectivity index (χ1) is 9.68. The highest BCUT2D eigenvalue weighted by Gasteiger charge is 2.35. The lowest BCUT2D eigenvalue weighted by molar-refractivity contribution is 0.0656. The molecule has 3 N–H and O–H groups in total. The summed E-state index contributed by atoms with van der Waals surface area (Å²) in [6.45, 7) is 0. The zero-order chi connectivity index (χ0) is 14.0. The van der Waals surface area contributed by atoms with Crippen LogP contribution in [0.3, 0.4) is 0 Å². The standard InChI is InChI=1S/C18H23NO/c19-17-8-4-7-16(13-17)18(20,12-11-14-9-10-14)15-5-2-1-3-6-15/h2,4-8,13-14,20H,1,3,9-12,19H2. The molecule has 1 aromatic rings. The van der Waals surface area contributed by atoms with Crippen LogP contribution in [-0.2, 0) is 5.60 Å². The van der Waals surface area contributed by atoms with E-state index in [1.165, 1.54) is 12.8 Å². The average Bonchev–Trinajstić information content (AvgIpc) is 3.30. The van der Waals surface area contributed by atoms with Gasteiger partial charge in [0.15, 0.2) is 0 Å². The van der Waals surface area contributed by atoms with Crippen molar-refractivity contribution in [2.45, 2.75) is 44.1 Å². The maximum absolute atomic E-state index is 11.3. The van der Waals surface area contributed by atoms with Gasteiger partial charge in [0.25, 0.3) is 0 Å². The molecule has 0 saturated heterocycles. The van der Waals surface area contributed by atoms with Gasteiger partial charge in [-0.2, -0.15) is 0 Å². The van der Waals surface area contributed by atoms with E-state index in [9.17, 15) is 5.11 Å². The van der Waals surface area contributed by atoms with Crippen molar-refractivity contribution >= 4 is 5.69 Å². The molecule has 1 saturated carbocycles. The van der Waals surface area contributed by atoms with E-state index >= 15 is 0 Å². The number of hydrogen-bond acceptors (Lipinski definition) is 2. The topological polar surface area (TPSA) is 46.2 Å². The molecule has 0 aliphatic heterocycles. The predicted molar refractivity (Wildman–Crippen MR) is 83.2 cm³/mol. The van der Waals surface area contributed by atoms with E-state index in [1.54, 1.807) is 0 Å². The van der Waals surface area contributed by atoms with Gasteiger partial charge in [0.05, 0.1) is 0 Å². The van der Waals surface area contributed by atoms with Crippen LogP contribution >= 0.6 is 0 Å². The summed E-state index contributed by atoms with van der Waals surface area (Å²) in [4.78, 5) is 0. The maximum atomic E-state index is 11.3. The monoisotopic (exact) mass is 269 g/mol. The summed E-state index contributed by atoms with van der Waals surface area (Å²) in [7, 11) is 0. The van der Waals surface area contributed by atoms with E-state index in [0.29, 0.717) is 5.69 Å². The second-order valence-corrected chi connectivity index (χ2v) is 6.11. The molecular weight excluding hydrogens is 246 g/mol. The summed E-state index contributed by atoms with van der Waals surface area (Å²) in [5, 5.41) is 11.3. The Morgan fingerprint density at radius 1 is 1.25 bits per heavy atom. The normalized spacial score (nSPS) is 21.4. The molecule has 1 atom stereocenters. The summed E-state index contributed by atoms with van der Waals surface area (Å²) in [6.07, 6.45) is 13.0. The fourth-order valence-electron chi connectivity index (χ4n) is 2.99. The molecule has 0 spiro atoms. The Morgan fingerprint density at radius 2 is 2.10 bits per heavy atom. The third-order valence-electron chi connectivity index (χ3n) is 4.45. The summed E-state index contributed by atoms with van der Waals surface area (Å²) >= 11 is 0. The zero-order valence-corrected chi connectivity index (χ0v) is 11.9. The van der Waals surface area contributed by atoms with Gasteiger partial charge in [-0.15, -0.1) is 0 Å². The van der Waals surface area contributed by atoms with Crippen LogP contribution in [0.25, 0.3) is 0 Å². The molecule has 0 heterocycles. The Balaban J connectivity index is 1.92. The third kappa shape index (κ3) is 2.80. The average molecular weight is 269 g/mol. The number of nitrogen functional groups attached to an aromatic ring is 1. The lowest BCUT2D eigenvalue weighted by Crippen LogP contribution is -2.28. The van der Waals surface area contributed by atoms with Crippen molar-refractivity contribution < 1.29 is 5.11 Å². The van der Waals surface area contributed by atoms with Gasteiger partial charge in [-0.25, -0.2) is 0 Å². The summed E-state index contributed by atoms with van der Waals surface area (Å²) in [5.74, 6) is 0.816. The summed E-state index contributed by atoms with van der Waals surface area (Å²) in [5.41, 5.74) is 7.70. The van der Waals surface area contributed by atoms with Crippen molar-refractivity contribution in [2.75, 3.05) is 5.73 Å². The van der Waals surface area contributed by atoms with Gasteiger partial charge in [-0.05, 0) is 54.9 Å². The number of allylic oxidation sites excluding steroid dienone is 2. The van der Waals surface area contributed by atoms with Gasteiger partial charge < -0.3 is 10.8 Å². The first-order valence-electron chi connectivity index (χ1n) is 7.64. The summed E-state index contributed by atoms with van der Waals surface area (Å²) in [6, 6.07) is 7.71. The molecule has 0 aromatic heterocycles. The molecule has 0 amide bonds. The van der Waals surface area contributed by atoms with E-state index in [-0.39, 0.29) is 0 Å². The first kappa shape index (κ1) is 13.4. The van der Waals surface area contributed by atoms with Crippen LogP contribution in [0.5, 0.6) is 0 Å². The Labute approximate surface area is 121 Å². The first-order valence-corrected chi connectivity index (χ1v) is 7.64. The van der Waals surface area contributed by atoms with Crippen molar-refractivity contribution in [1.82, 2.24) is 0 Å². The van der Waals surface area contributed by atoms with Crippen LogP contribution in [0, 0.1) is 5.92 Å². The van der Waals surface area contributed by atoms with Gasteiger partial charge in [0.2, 0.25) is 0 Å². The van der Waals surface area contributed by atoms with Gasteiger partial charge in [0, 0.05) is 5.69 Å². The lowest BCUT2D eigenvalue weighted by atomic mass is 9.79. The van der Waals surface area contributed by atoms with Crippen molar-refractivity contribution in [3.05, 3.63) is 53.6 Å². The molecule has 1 unspecified atom stereocenters. The number of anilines is 1. The minimum absolute atomic E-state index is 0.715. The van der Waals surface area contributed by atoms with Crippen LogP contribution in [0.4, 0.5) is 5.69 Å². The molecule has 1 aromatic carbocycles. The van der Waals surface area contributed by atoms with Gasteiger partial charge in [0.1, 0.15) is 5.60 Å². The molecule has 2 heteroatoms. The Bertz CT molecular complexity index is 542.